The zero-order valence-corrected chi connectivity index (χ0v) is 11.7. The summed E-state index contributed by atoms with van der Waals surface area (Å²) in [6.07, 6.45) is 2.16. The van der Waals surface area contributed by atoms with Gasteiger partial charge >= 0.3 is 0 Å². The Morgan fingerprint density at radius 2 is 2.05 bits per heavy atom. The third-order valence-electron chi connectivity index (χ3n) is 3.11. The van der Waals surface area contributed by atoms with Crippen molar-refractivity contribution in [1.29, 1.82) is 5.26 Å². The number of nitriles is 1. The maximum atomic E-state index is 12.4. The normalized spacial score (nSPS) is 10.0. The smallest absolute Gasteiger partial charge is 0.227 e. The molecule has 2 rings (SSSR count). The molecule has 1 aromatic heterocycles. The molecule has 21 heavy (non-hydrogen) atoms. The molecule has 0 bridgehead atoms. The molecule has 0 spiro atoms. The number of amides is 1. The Balaban J connectivity index is 2.02. The van der Waals surface area contributed by atoms with Crippen molar-refractivity contribution < 1.29 is 9.21 Å². The summed E-state index contributed by atoms with van der Waals surface area (Å²) >= 11 is 0. The fourth-order valence-electron chi connectivity index (χ4n) is 1.99. The highest BCUT2D eigenvalue weighted by atomic mass is 16.3. The maximum absolute atomic E-state index is 12.4. The van der Waals surface area contributed by atoms with Crippen LogP contribution in [-0.2, 0) is 17.8 Å². The number of hydrogen-bond acceptors (Lipinski definition) is 4. The SMILES string of the molecule is N#CCCN(Cc1ccco1)C(=O)Cc1ccc(N)cc1. The van der Waals surface area contributed by atoms with Crippen molar-refractivity contribution >= 4 is 11.6 Å². The Bertz CT molecular complexity index is 612. The molecule has 0 aliphatic carbocycles. The lowest BCUT2D eigenvalue weighted by Gasteiger charge is -2.20. The first-order valence-electron chi connectivity index (χ1n) is 6.70. The lowest BCUT2D eigenvalue weighted by atomic mass is 10.1. The van der Waals surface area contributed by atoms with Crippen LogP contribution in [0.4, 0.5) is 5.69 Å². The molecule has 1 amide bonds. The number of rotatable bonds is 6. The summed E-state index contributed by atoms with van der Waals surface area (Å²) in [6.45, 7) is 0.771. The zero-order chi connectivity index (χ0) is 15.1. The van der Waals surface area contributed by atoms with Crippen molar-refractivity contribution in [3.63, 3.8) is 0 Å². The number of nitrogen functional groups attached to an aromatic ring is 1. The zero-order valence-electron chi connectivity index (χ0n) is 11.7. The standard InChI is InChI=1S/C16H17N3O2/c17-8-2-9-19(12-15-3-1-10-21-15)16(20)11-13-4-6-14(18)7-5-13/h1,3-7,10H,2,9,11-12,18H2. The summed E-state index contributed by atoms with van der Waals surface area (Å²) < 4.78 is 5.27. The van der Waals surface area contributed by atoms with Gasteiger partial charge in [-0.2, -0.15) is 5.26 Å². The molecule has 5 nitrogen and oxygen atoms in total. The molecule has 2 aromatic rings. The highest BCUT2D eigenvalue weighted by Crippen LogP contribution is 2.11. The summed E-state index contributed by atoms with van der Waals surface area (Å²) in [7, 11) is 0. The number of anilines is 1. The molecule has 0 atom stereocenters. The number of nitrogens with two attached hydrogens (primary N) is 1. The monoisotopic (exact) mass is 283 g/mol. The Morgan fingerprint density at radius 1 is 1.29 bits per heavy atom. The molecule has 108 valence electrons. The van der Waals surface area contributed by atoms with Gasteiger partial charge in [0.2, 0.25) is 5.91 Å². The predicted molar refractivity (Wildman–Crippen MR) is 78.9 cm³/mol. The number of benzene rings is 1. The largest absolute Gasteiger partial charge is 0.467 e. The van der Waals surface area contributed by atoms with Crippen molar-refractivity contribution in [3.05, 3.63) is 54.0 Å². The second kappa shape index (κ2) is 7.15. The van der Waals surface area contributed by atoms with Gasteiger partial charge in [-0.05, 0) is 29.8 Å². The highest BCUT2D eigenvalue weighted by molar-refractivity contribution is 5.78. The van der Waals surface area contributed by atoms with Crippen molar-refractivity contribution in [1.82, 2.24) is 4.90 Å². The molecule has 0 saturated heterocycles. The van der Waals surface area contributed by atoms with Crippen molar-refractivity contribution in [3.8, 4) is 6.07 Å². The molecule has 0 unspecified atom stereocenters. The van der Waals surface area contributed by atoms with Gasteiger partial charge in [0.25, 0.3) is 0 Å². The number of nitrogens with zero attached hydrogens (tertiary/aromatic N) is 2. The van der Waals surface area contributed by atoms with Crippen molar-refractivity contribution in [2.75, 3.05) is 12.3 Å². The van der Waals surface area contributed by atoms with Gasteiger partial charge in [-0.1, -0.05) is 12.1 Å². The maximum Gasteiger partial charge on any atom is 0.227 e. The van der Waals surface area contributed by atoms with Crippen LogP contribution in [0.15, 0.2) is 47.1 Å². The quantitative estimate of drug-likeness (QED) is 0.825. The van der Waals surface area contributed by atoms with Crippen LogP contribution in [0.5, 0.6) is 0 Å². The Morgan fingerprint density at radius 3 is 2.67 bits per heavy atom. The van der Waals surface area contributed by atoms with E-state index in [-0.39, 0.29) is 12.3 Å². The van der Waals surface area contributed by atoms with Gasteiger partial charge in [0.05, 0.1) is 31.7 Å². The Hall–Kier alpha value is -2.74. The van der Waals surface area contributed by atoms with E-state index in [0.717, 1.165) is 5.56 Å². The highest BCUT2D eigenvalue weighted by Gasteiger charge is 2.15. The number of carbonyl (C=O) groups excluding carboxylic acids is 1. The van der Waals surface area contributed by atoms with Crippen LogP contribution in [0.25, 0.3) is 0 Å². The first kappa shape index (κ1) is 14.7. The minimum atomic E-state index is -0.0357. The molecule has 1 aromatic carbocycles. The lowest BCUT2D eigenvalue weighted by Crippen LogP contribution is -2.32. The van der Waals surface area contributed by atoms with Gasteiger partial charge in [-0.25, -0.2) is 0 Å². The Kier molecular flexibility index (Phi) is 4.99. The fraction of sp³-hybridized carbons (Fsp3) is 0.250. The average Bonchev–Trinajstić information content (AvgIpc) is 2.98. The van der Waals surface area contributed by atoms with E-state index in [2.05, 4.69) is 6.07 Å². The third kappa shape index (κ3) is 4.39. The van der Waals surface area contributed by atoms with E-state index in [1.54, 1.807) is 29.4 Å². The van der Waals surface area contributed by atoms with Gasteiger partial charge in [-0.15, -0.1) is 0 Å². The van der Waals surface area contributed by atoms with Crippen LogP contribution in [0.1, 0.15) is 17.7 Å². The topological polar surface area (TPSA) is 83.3 Å². The molecular formula is C16H17N3O2. The molecule has 0 aliphatic rings. The number of carbonyl (C=O) groups is 1. The van der Waals surface area contributed by atoms with Gasteiger partial charge in [0, 0.05) is 12.2 Å². The second-order valence-corrected chi connectivity index (χ2v) is 4.72. The van der Waals surface area contributed by atoms with E-state index < -0.39 is 0 Å². The van der Waals surface area contributed by atoms with Crippen LogP contribution in [0.2, 0.25) is 0 Å². The number of hydrogen-bond donors (Lipinski definition) is 1. The first-order chi connectivity index (χ1) is 10.2. The van der Waals surface area contributed by atoms with Crippen LogP contribution >= 0.6 is 0 Å². The van der Waals surface area contributed by atoms with E-state index in [0.29, 0.717) is 31.0 Å². The summed E-state index contributed by atoms with van der Waals surface area (Å²) in [4.78, 5) is 14.0. The molecule has 0 aliphatic heterocycles. The molecule has 0 fully saturated rings. The summed E-state index contributed by atoms with van der Waals surface area (Å²) in [5.74, 6) is 0.671. The van der Waals surface area contributed by atoms with Crippen LogP contribution in [0.3, 0.4) is 0 Å². The summed E-state index contributed by atoms with van der Waals surface area (Å²) in [5.41, 5.74) is 7.20. The van der Waals surface area contributed by atoms with E-state index in [1.807, 2.05) is 18.2 Å². The van der Waals surface area contributed by atoms with E-state index in [9.17, 15) is 4.79 Å². The van der Waals surface area contributed by atoms with Crippen LogP contribution in [-0.4, -0.2) is 17.4 Å². The third-order valence-corrected chi connectivity index (χ3v) is 3.11. The molecule has 2 N–H and O–H groups in total. The van der Waals surface area contributed by atoms with Gasteiger partial charge < -0.3 is 15.1 Å². The lowest BCUT2D eigenvalue weighted by molar-refractivity contribution is -0.131. The van der Waals surface area contributed by atoms with Crippen LogP contribution < -0.4 is 5.73 Å². The van der Waals surface area contributed by atoms with E-state index in [1.165, 1.54) is 0 Å². The first-order valence-corrected chi connectivity index (χ1v) is 6.70. The Labute approximate surface area is 123 Å². The van der Waals surface area contributed by atoms with Crippen LogP contribution in [0, 0.1) is 11.3 Å². The van der Waals surface area contributed by atoms with Gasteiger partial charge in [0.1, 0.15) is 5.76 Å². The molecule has 5 heteroatoms. The fourth-order valence-corrected chi connectivity index (χ4v) is 1.99. The second-order valence-electron chi connectivity index (χ2n) is 4.72. The minimum absolute atomic E-state index is 0.0357. The summed E-state index contributed by atoms with van der Waals surface area (Å²) in [6, 6.07) is 12.9. The molecular weight excluding hydrogens is 266 g/mol. The predicted octanol–water partition coefficient (Wildman–Crippen LogP) is 2.35. The van der Waals surface area contributed by atoms with E-state index in [4.69, 9.17) is 15.4 Å². The molecule has 0 saturated carbocycles. The molecule has 0 radical (unpaired) electrons. The minimum Gasteiger partial charge on any atom is -0.467 e. The summed E-state index contributed by atoms with van der Waals surface area (Å²) in [5, 5.41) is 8.72. The van der Waals surface area contributed by atoms with Crippen molar-refractivity contribution in [2.24, 2.45) is 0 Å². The average molecular weight is 283 g/mol. The van der Waals surface area contributed by atoms with Gasteiger partial charge in [-0.3, -0.25) is 4.79 Å². The van der Waals surface area contributed by atoms with Crippen molar-refractivity contribution in [2.45, 2.75) is 19.4 Å². The van der Waals surface area contributed by atoms with Gasteiger partial charge in [0.15, 0.2) is 0 Å². The van der Waals surface area contributed by atoms with E-state index >= 15 is 0 Å². The molecule has 1 heterocycles. The number of furan rings is 1.